The zero-order valence-corrected chi connectivity index (χ0v) is 18.0. The Kier molecular flexibility index (Phi) is 10.3. The summed E-state index contributed by atoms with van der Waals surface area (Å²) in [5.74, 6) is -0.238. The second-order valence-electron chi connectivity index (χ2n) is 7.34. The molecule has 0 aliphatic heterocycles. The van der Waals surface area contributed by atoms with E-state index >= 15 is 0 Å². The minimum atomic E-state index is -0.542. The minimum absolute atomic E-state index is 0.238. The first-order valence-electron chi connectivity index (χ1n) is 9.71. The van der Waals surface area contributed by atoms with Crippen LogP contribution in [-0.4, -0.2) is 30.8 Å². The molecule has 1 amide bonds. The fourth-order valence-electron chi connectivity index (χ4n) is 2.20. The SMILES string of the molecule is CCOC(=O)CCNc1cccc(NC(=O)OC(C)(C)C)c1.Cc1ccccc1. The van der Waals surface area contributed by atoms with Gasteiger partial charge in [-0.05, 0) is 52.8 Å². The zero-order valence-electron chi connectivity index (χ0n) is 18.0. The van der Waals surface area contributed by atoms with Crippen molar-refractivity contribution in [2.75, 3.05) is 23.8 Å². The number of carbonyl (C=O) groups is 2. The highest BCUT2D eigenvalue weighted by Crippen LogP contribution is 2.16. The zero-order chi connectivity index (χ0) is 21.7. The van der Waals surface area contributed by atoms with Crippen molar-refractivity contribution >= 4 is 23.4 Å². The molecule has 2 aromatic carbocycles. The lowest BCUT2D eigenvalue weighted by molar-refractivity contribution is -0.142. The average molecular weight is 401 g/mol. The Morgan fingerprint density at radius 3 is 2.17 bits per heavy atom. The van der Waals surface area contributed by atoms with Crippen molar-refractivity contribution in [2.45, 2.75) is 46.6 Å². The fourth-order valence-corrected chi connectivity index (χ4v) is 2.20. The van der Waals surface area contributed by atoms with Gasteiger partial charge in [0.15, 0.2) is 0 Å². The summed E-state index contributed by atoms with van der Waals surface area (Å²) in [7, 11) is 0. The number of benzene rings is 2. The molecule has 0 fully saturated rings. The van der Waals surface area contributed by atoms with E-state index < -0.39 is 11.7 Å². The Bertz CT molecular complexity index is 755. The molecule has 0 saturated heterocycles. The molecule has 2 rings (SSSR count). The van der Waals surface area contributed by atoms with E-state index in [2.05, 4.69) is 29.7 Å². The normalized spacial score (nSPS) is 10.2. The molecule has 0 radical (unpaired) electrons. The Morgan fingerprint density at radius 2 is 1.62 bits per heavy atom. The summed E-state index contributed by atoms with van der Waals surface area (Å²) in [6, 6.07) is 17.5. The summed E-state index contributed by atoms with van der Waals surface area (Å²) in [4.78, 5) is 22.9. The molecular weight excluding hydrogens is 368 g/mol. The summed E-state index contributed by atoms with van der Waals surface area (Å²) >= 11 is 0. The highest BCUT2D eigenvalue weighted by atomic mass is 16.6. The van der Waals surface area contributed by atoms with Crippen molar-refractivity contribution in [1.82, 2.24) is 0 Å². The number of rotatable bonds is 6. The molecule has 158 valence electrons. The maximum atomic E-state index is 11.7. The van der Waals surface area contributed by atoms with Crippen LogP contribution >= 0.6 is 0 Å². The molecule has 0 aliphatic rings. The summed E-state index contributed by atoms with van der Waals surface area (Å²) in [5.41, 5.74) is 2.20. The molecule has 6 heteroatoms. The quantitative estimate of drug-likeness (QED) is 0.636. The number of hydrogen-bond donors (Lipinski definition) is 2. The second kappa shape index (κ2) is 12.4. The number of esters is 1. The summed E-state index contributed by atoms with van der Waals surface area (Å²) < 4.78 is 10.0. The van der Waals surface area contributed by atoms with Gasteiger partial charge in [-0.15, -0.1) is 0 Å². The number of hydrogen-bond acceptors (Lipinski definition) is 5. The van der Waals surface area contributed by atoms with Crippen molar-refractivity contribution in [3.05, 3.63) is 60.2 Å². The van der Waals surface area contributed by atoms with Crippen LogP contribution in [0.15, 0.2) is 54.6 Å². The van der Waals surface area contributed by atoms with Crippen LogP contribution in [-0.2, 0) is 14.3 Å². The lowest BCUT2D eigenvalue weighted by Crippen LogP contribution is -2.27. The van der Waals surface area contributed by atoms with Gasteiger partial charge in [0, 0.05) is 17.9 Å². The maximum absolute atomic E-state index is 11.7. The summed E-state index contributed by atoms with van der Waals surface area (Å²) in [5, 5.41) is 5.77. The predicted octanol–water partition coefficient (Wildman–Crippen LogP) is 5.39. The highest BCUT2D eigenvalue weighted by molar-refractivity contribution is 5.85. The molecule has 0 aromatic heterocycles. The third kappa shape index (κ3) is 12.1. The Morgan fingerprint density at radius 1 is 0.966 bits per heavy atom. The maximum Gasteiger partial charge on any atom is 0.412 e. The molecule has 2 aromatic rings. The summed E-state index contributed by atoms with van der Waals surface area (Å²) in [6.07, 6.45) is -0.214. The van der Waals surface area contributed by atoms with Crippen molar-refractivity contribution in [2.24, 2.45) is 0 Å². The monoisotopic (exact) mass is 400 g/mol. The van der Waals surface area contributed by atoms with Gasteiger partial charge >= 0.3 is 12.1 Å². The average Bonchev–Trinajstić information content (AvgIpc) is 2.62. The van der Waals surface area contributed by atoms with E-state index in [0.29, 0.717) is 18.8 Å². The van der Waals surface area contributed by atoms with Crippen LogP contribution in [0.5, 0.6) is 0 Å². The molecular formula is C23H32N2O4. The van der Waals surface area contributed by atoms with Gasteiger partial charge in [0.1, 0.15) is 5.60 Å². The largest absolute Gasteiger partial charge is 0.466 e. The first-order valence-corrected chi connectivity index (χ1v) is 9.71. The van der Waals surface area contributed by atoms with E-state index in [4.69, 9.17) is 9.47 Å². The fraction of sp³-hybridized carbons (Fsp3) is 0.391. The van der Waals surface area contributed by atoms with Gasteiger partial charge in [-0.1, -0.05) is 42.0 Å². The number of carbonyl (C=O) groups excluding carboxylic acids is 2. The number of ether oxygens (including phenoxy) is 2. The van der Waals surface area contributed by atoms with Crippen LogP contribution in [0.4, 0.5) is 16.2 Å². The third-order valence-electron chi connectivity index (χ3n) is 3.41. The van der Waals surface area contributed by atoms with E-state index in [1.54, 1.807) is 45.9 Å². The van der Waals surface area contributed by atoms with E-state index in [9.17, 15) is 9.59 Å². The first kappa shape index (κ1) is 24.0. The number of anilines is 2. The van der Waals surface area contributed by atoms with Crippen LogP contribution in [0.25, 0.3) is 0 Å². The van der Waals surface area contributed by atoms with Gasteiger partial charge < -0.3 is 14.8 Å². The number of aryl methyl sites for hydroxylation is 1. The molecule has 0 saturated carbocycles. The van der Waals surface area contributed by atoms with Gasteiger partial charge in [0.05, 0.1) is 13.0 Å². The molecule has 0 bridgehead atoms. The van der Waals surface area contributed by atoms with Gasteiger partial charge in [-0.3, -0.25) is 10.1 Å². The molecule has 0 atom stereocenters. The van der Waals surface area contributed by atoms with Gasteiger partial charge in [0.25, 0.3) is 0 Å². The Labute approximate surface area is 173 Å². The van der Waals surface area contributed by atoms with Crippen LogP contribution in [0.3, 0.4) is 0 Å². The van der Waals surface area contributed by atoms with Crippen LogP contribution in [0.2, 0.25) is 0 Å². The molecule has 2 N–H and O–H groups in total. The van der Waals surface area contributed by atoms with Gasteiger partial charge in [0.2, 0.25) is 0 Å². The van der Waals surface area contributed by atoms with Gasteiger partial charge in [-0.25, -0.2) is 4.79 Å². The third-order valence-corrected chi connectivity index (χ3v) is 3.41. The van der Waals surface area contributed by atoms with Crippen LogP contribution < -0.4 is 10.6 Å². The Hall–Kier alpha value is -3.02. The van der Waals surface area contributed by atoms with Crippen LogP contribution in [0.1, 0.15) is 39.7 Å². The molecule has 0 aliphatic carbocycles. The highest BCUT2D eigenvalue weighted by Gasteiger charge is 2.16. The molecule has 29 heavy (non-hydrogen) atoms. The van der Waals surface area contributed by atoms with E-state index in [1.165, 1.54) is 5.56 Å². The number of amides is 1. The number of nitrogens with one attached hydrogen (secondary N) is 2. The van der Waals surface area contributed by atoms with E-state index in [-0.39, 0.29) is 12.4 Å². The molecule has 0 spiro atoms. The first-order chi connectivity index (χ1) is 13.7. The molecule has 0 heterocycles. The second-order valence-corrected chi connectivity index (χ2v) is 7.34. The van der Waals surface area contributed by atoms with Crippen molar-refractivity contribution in [1.29, 1.82) is 0 Å². The van der Waals surface area contributed by atoms with Gasteiger partial charge in [-0.2, -0.15) is 0 Å². The molecule has 6 nitrogen and oxygen atoms in total. The van der Waals surface area contributed by atoms with E-state index in [0.717, 1.165) is 5.69 Å². The van der Waals surface area contributed by atoms with Crippen molar-refractivity contribution in [3.8, 4) is 0 Å². The molecule has 0 unspecified atom stereocenters. The van der Waals surface area contributed by atoms with Crippen molar-refractivity contribution < 1.29 is 19.1 Å². The predicted molar refractivity (Wildman–Crippen MR) is 117 cm³/mol. The smallest absolute Gasteiger partial charge is 0.412 e. The lowest BCUT2D eigenvalue weighted by Gasteiger charge is -2.19. The topological polar surface area (TPSA) is 76.7 Å². The van der Waals surface area contributed by atoms with E-state index in [1.807, 2.05) is 24.3 Å². The Balaban J connectivity index is 0.000000502. The van der Waals surface area contributed by atoms with Crippen molar-refractivity contribution in [3.63, 3.8) is 0 Å². The summed E-state index contributed by atoms with van der Waals surface area (Å²) in [6.45, 7) is 10.1. The lowest BCUT2D eigenvalue weighted by atomic mass is 10.2. The minimum Gasteiger partial charge on any atom is -0.466 e. The van der Waals surface area contributed by atoms with Crippen LogP contribution in [0, 0.1) is 6.92 Å². The standard InChI is InChI=1S/C16H24N2O4.C7H8/c1-5-21-14(19)9-10-17-12-7-6-8-13(11-12)18-15(20)22-16(2,3)4;1-7-5-3-2-4-6-7/h6-8,11,17H,5,9-10H2,1-4H3,(H,18,20);2-6H,1H3.